The molecule has 0 radical (unpaired) electrons. The summed E-state index contributed by atoms with van der Waals surface area (Å²) in [4.78, 5) is 12.3. The van der Waals surface area contributed by atoms with Crippen molar-refractivity contribution in [2.24, 2.45) is 0 Å². The lowest BCUT2D eigenvalue weighted by molar-refractivity contribution is -0.137. The quantitative estimate of drug-likeness (QED) is 0.790. The molecule has 2 aromatic rings. The Morgan fingerprint density at radius 1 is 0.958 bits per heavy atom. The topological polar surface area (TPSA) is 54.5 Å². The van der Waals surface area contributed by atoms with Crippen molar-refractivity contribution in [1.29, 1.82) is 0 Å². The van der Waals surface area contributed by atoms with E-state index < -0.39 is 27.5 Å². The number of carbonyl (C=O) groups excluding carboxylic acids is 1. The molecule has 24 heavy (non-hydrogen) atoms. The van der Waals surface area contributed by atoms with Gasteiger partial charge in [0.1, 0.15) is 0 Å². The van der Waals surface area contributed by atoms with E-state index in [0.29, 0.717) is 0 Å². The summed E-state index contributed by atoms with van der Waals surface area (Å²) in [5.74, 6) is -0.616. The number of halogens is 3. The fraction of sp³-hybridized carbons (Fsp3) is 0.188. The van der Waals surface area contributed by atoms with Gasteiger partial charge in [-0.15, -0.1) is 0 Å². The summed E-state index contributed by atoms with van der Waals surface area (Å²) in [6.45, 7) is 0. The Labute approximate surface area is 137 Å². The summed E-state index contributed by atoms with van der Waals surface area (Å²) >= 11 is 0. The average molecular weight is 357 g/mol. The third kappa shape index (κ3) is 3.65. The maximum absolute atomic E-state index is 12.7. The van der Waals surface area contributed by atoms with E-state index in [1.807, 2.05) is 0 Å². The van der Waals surface area contributed by atoms with Gasteiger partial charge in [0.15, 0.2) is 5.78 Å². The Bertz CT molecular complexity index is 857. The molecule has 0 fully saturated rings. The molecule has 128 valence electrons. The summed E-state index contributed by atoms with van der Waals surface area (Å²) in [5.41, 5.74) is -0.930. The van der Waals surface area contributed by atoms with Crippen molar-refractivity contribution in [1.82, 2.24) is 4.31 Å². The fourth-order valence-electron chi connectivity index (χ4n) is 1.99. The molecular formula is C16H14F3NO3S. The number of alkyl halides is 3. The average Bonchev–Trinajstić information content (AvgIpc) is 2.53. The van der Waals surface area contributed by atoms with Crippen molar-refractivity contribution in [3.63, 3.8) is 0 Å². The molecule has 0 heterocycles. The van der Waals surface area contributed by atoms with Crippen LogP contribution in [0.25, 0.3) is 0 Å². The Hall–Kier alpha value is -2.19. The van der Waals surface area contributed by atoms with Crippen LogP contribution in [0.1, 0.15) is 21.5 Å². The number of nitrogens with zero attached hydrogens (tertiary/aromatic N) is 1. The smallest absolute Gasteiger partial charge is 0.289 e. The van der Waals surface area contributed by atoms with Crippen molar-refractivity contribution in [3.05, 3.63) is 65.2 Å². The molecule has 0 amide bonds. The van der Waals surface area contributed by atoms with E-state index in [-0.39, 0.29) is 16.0 Å². The molecule has 2 aromatic carbocycles. The summed E-state index contributed by atoms with van der Waals surface area (Å²) in [5, 5.41) is 0. The van der Waals surface area contributed by atoms with Crippen molar-refractivity contribution in [3.8, 4) is 0 Å². The first kappa shape index (κ1) is 18.2. The Morgan fingerprint density at radius 3 is 2.04 bits per heavy atom. The molecule has 0 aliphatic rings. The first-order valence-corrected chi connectivity index (χ1v) is 8.22. The highest BCUT2D eigenvalue weighted by atomic mass is 32.2. The van der Waals surface area contributed by atoms with Crippen LogP contribution in [0.15, 0.2) is 53.4 Å². The predicted molar refractivity (Wildman–Crippen MR) is 82.2 cm³/mol. The molecule has 4 nitrogen and oxygen atoms in total. The van der Waals surface area contributed by atoms with E-state index in [1.165, 1.54) is 44.4 Å². The van der Waals surface area contributed by atoms with Gasteiger partial charge in [-0.05, 0) is 36.4 Å². The van der Waals surface area contributed by atoms with Gasteiger partial charge < -0.3 is 0 Å². The van der Waals surface area contributed by atoms with Crippen molar-refractivity contribution in [2.75, 3.05) is 14.1 Å². The molecule has 0 spiro atoms. The molecule has 0 aromatic heterocycles. The van der Waals surface area contributed by atoms with Crippen LogP contribution in [0.5, 0.6) is 0 Å². The Morgan fingerprint density at radius 2 is 1.54 bits per heavy atom. The zero-order chi connectivity index (χ0) is 18.1. The lowest BCUT2D eigenvalue weighted by Gasteiger charge is -2.12. The largest absolute Gasteiger partial charge is 0.416 e. The van der Waals surface area contributed by atoms with Gasteiger partial charge in [-0.25, -0.2) is 12.7 Å². The molecule has 0 aliphatic carbocycles. The van der Waals surface area contributed by atoms with E-state index in [4.69, 9.17) is 0 Å². The highest BCUT2D eigenvalue weighted by Crippen LogP contribution is 2.30. The molecule has 0 unspecified atom stereocenters. The lowest BCUT2D eigenvalue weighted by atomic mass is 10.0. The second-order valence-corrected chi connectivity index (χ2v) is 7.37. The van der Waals surface area contributed by atoms with Gasteiger partial charge in [0.05, 0.1) is 10.5 Å². The molecule has 0 aliphatic heterocycles. The molecule has 2 rings (SSSR count). The van der Waals surface area contributed by atoms with Crippen molar-refractivity contribution >= 4 is 15.8 Å². The zero-order valence-electron chi connectivity index (χ0n) is 12.8. The van der Waals surface area contributed by atoms with E-state index in [0.717, 1.165) is 22.5 Å². The summed E-state index contributed by atoms with van der Waals surface area (Å²) in [6, 6.07) is 9.13. The van der Waals surface area contributed by atoms with Gasteiger partial charge in [0.2, 0.25) is 10.0 Å². The Kier molecular flexibility index (Phi) is 4.82. The van der Waals surface area contributed by atoms with Crippen LogP contribution in [0.4, 0.5) is 13.2 Å². The molecule has 0 atom stereocenters. The highest BCUT2D eigenvalue weighted by Gasteiger charge is 2.31. The standard InChI is InChI=1S/C16H14F3NO3S/c1-20(2)24(22,23)14-8-6-11(7-9-14)15(21)12-4-3-5-13(10-12)16(17,18)19/h3-10H,1-2H3. The number of sulfonamides is 1. The number of ketones is 1. The van der Waals surface area contributed by atoms with Crippen LogP contribution >= 0.6 is 0 Å². The molecular weight excluding hydrogens is 343 g/mol. The Balaban J connectivity index is 2.35. The van der Waals surface area contributed by atoms with Crippen LogP contribution in [0, 0.1) is 0 Å². The maximum atomic E-state index is 12.7. The molecule has 0 saturated heterocycles. The first-order valence-electron chi connectivity index (χ1n) is 6.78. The first-order chi connectivity index (χ1) is 11.0. The highest BCUT2D eigenvalue weighted by molar-refractivity contribution is 7.89. The van der Waals surface area contributed by atoms with E-state index in [1.54, 1.807) is 0 Å². The van der Waals surface area contributed by atoms with E-state index in [2.05, 4.69) is 0 Å². The monoisotopic (exact) mass is 357 g/mol. The third-order valence-electron chi connectivity index (χ3n) is 3.35. The van der Waals surface area contributed by atoms with Crippen LogP contribution in [-0.4, -0.2) is 32.6 Å². The summed E-state index contributed by atoms with van der Waals surface area (Å²) in [6.07, 6.45) is -4.54. The normalized spacial score (nSPS) is 12.4. The van der Waals surface area contributed by atoms with Gasteiger partial charge in [-0.2, -0.15) is 13.2 Å². The molecule has 0 bridgehead atoms. The van der Waals surface area contributed by atoms with E-state index >= 15 is 0 Å². The van der Waals surface area contributed by atoms with Crippen LogP contribution in [0.3, 0.4) is 0 Å². The van der Waals surface area contributed by atoms with Crippen LogP contribution < -0.4 is 0 Å². The van der Waals surface area contributed by atoms with Crippen LogP contribution in [-0.2, 0) is 16.2 Å². The van der Waals surface area contributed by atoms with Crippen LogP contribution in [0.2, 0.25) is 0 Å². The second-order valence-electron chi connectivity index (χ2n) is 5.22. The van der Waals surface area contributed by atoms with Gasteiger partial charge in [-0.1, -0.05) is 12.1 Å². The minimum absolute atomic E-state index is 0.00640. The maximum Gasteiger partial charge on any atom is 0.416 e. The fourth-order valence-corrected chi connectivity index (χ4v) is 2.89. The minimum atomic E-state index is -4.54. The van der Waals surface area contributed by atoms with Gasteiger partial charge in [0, 0.05) is 25.2 Å². The van der Waals surface area contributed by atoms with Crippen molar-refractivity contribution in [2.45, 2.75) is 11.1 Å². The SMILES string of the molecule is CN(C)S(=O)(=O)c1ccc(C(=O)c2cccc(C(F)(F)F)c2)cc1. The number of hydrogen-bond acceptors (Lipinski definition) is 3. The molecule has 8 heteroatoms. The summed E-state index contributed by atoms with van der Waals surface area (Å²) in [7, 11) is -0.893. The number of benzene rings is 2. The molecule has 0 saturated carbocycles. The minimum Gasteiger partial charge on any atom is -0.289 e. The third-order valence-corrected chi connectivity index (χ3v) is 5.18. The second kappa shape index (κ2) is 6.37. The number of rotatable bonds is 4. The number of hydrogen-bond donors (Lipinski definition) is 0. The molecule has 0 N–H and O–H groups in total. The van der Waals surface area contributed by atoms with Gasteiger partial charge >= 0.3 is 6.18 Å². The van der Waals surface area contributed by atoms with E-state index in [9.17, 15) is 26.4 Å². The lowest BCUT2D eigenvalue weighted by Crippen LogP contribution is -2.22. The number of carbonyl (C=O) groups is 1. The summed E-state index contributed by atoms with van der Waals surface area (Å²) < 4.78 is 63.1. The van der Waals surface area contributed by atoms with Crippen molar-refractivity contribution < 1.29 is 26.4 Å². The van der Waals surface area contributed by atoms with Gasteiger partial charge in [0.25, 0.3) is 0 Å². The van der Waals surface area contributed by atoms with Gasteiger partial charge in [-0.3, -0.25) is 4.79 Å². The zero-order valence-corrected chi connectivity index (χ0v) is 13.6. The predicted octanol–water partition coefficient (Wildman–Crippen LogP) is 3.19.